The minimum absolute atomic E-state index is 0.289. The van der Waals surface area contributed by atoms with Gasteiger partial charge in [-0.15, -0.1) is 0 Å². The molecule has 1 aromatic rings. The molecule has 0 fully saturated rings. The molecule has 1 heterocycles. The SMILES string of the molecule is CCC(C)(N)COc1cc(C)c(Br)cn1. The van der Waals surface area contributed by atoms with Crippen LogP contribution in [0.15, 0.2) is 16.7 Å². The molecule has 4 heteroatoms. The van der Waals surface area contributed by atoms with E-state index in [0.29, 0.717) is 12.5 Å². The fourth-order valence-corrected chi connectivity index (χ4v) is 1.15. The maximum atomic E-state index is 5.97. The maximum absolute atomic E-state index is 5.97. The summed E-state index contributed by atoms with van der Waals surface area (Å²) in [4.78, 5) is 4.15. The maximum Gasteiger partial charge on any atom is 0.213 e. The van der Waals surface area contributed by atoms with Crippen LogP contribution in [0.25, 0.3) is 0 Å². The molecule has 1 unspecified atom stereocenters. The third kappa shape index (κ3) is 3.80. The van der Waals surface area contributed by atoms with E-state index < -0.39 is 0 Å². The van der Waals surface area contributed by atoms with Gasteiger partial charge in [-0.3, -0.25) is 0 Å². The average Bonchev–Trinajstić information content (AvgIpc) is 2.20. The molecule has 0 radical (unpaired) electrons. The molecule has 0 amide bonds. The van der Waals surface area contributed by atoms with E-state index in [1.54, 1.807) is 6.20 Å². The minimum atomic E-state index is -0.289. The summed E-state index contributed by atoms with van der Waals surface area (Å²) in [5, 5.41) is 0. The summed E-state index contributed by atoms with van der Waals surface area (Å²) in [6, 6.07) is 1.90. The zero-order chi connectivity index (χ0) is 11.5. The van der Waals surface area contributed by atoms with Gasteiger partial charge in [-0.1, -0.05) is 6.92 Å². The summed E-state index contributed by atoms with van der Waals surface area (Å²) in [6.45, 7) is 6.50. The van der Waals surface area contributed by atoms with E-state index in [2.05, 4.69) is 20.9 Å². The minimum Gasteiger partial charge on any atom is -0.476 e. The summed E-state index contributed by atoms with van der Waals surface area (Å²) in [7, 11) is 0. The number of halogens is 1. The van der Waals surface area contributed by atoms with Gasteiger partial charge < -0.3 is 10.5 Å². The Kier molecular flexibility index (Phi) is 4.11. The molecule has 0 aliphatic carbocycles. The van der Waals surface area contributed by atoms with Gasteiger partial charge in [0.05, 0.1) is 0 Å². The lowest BCUT2D eigenvalue weighted by atomic mass is 10.0. The summed E-state index contributed by atoms with van der Waals surface area (Å²) < 4.78 is 6.53. The lowest BCUT2D eigenvalue weighted by Gasteiger charge is -2.22. The monoisotopic (exact) mass is 272 g/mol. The zero-order valence-corrected chi connectivity index (χ0v) is 11.0. The standard InChI is InChI=1S/C11H17BrN2O/c1-4-11(3,13)7-15-10-5-8(2)9(12)6-14-10/h5-6H,4,7,13H2,1-3H3. The molecule has 1 rings (SSSR count). The smallest absolute Gasteiger partial charge is 0.213 e. The highest BCUT2D eigenvalue weighted by Gasteiger charge is 2.16. The Hall–Kier alpha value is -0.610. The second kappa shape index (κ2) is 4.94. The second-order valence-corrected chi connectivity index (χ2v) is 4.92. The van der Waals surface area contributed by atoms with Crippen molar-refractivity contribution in [1.82, 2.24) is 4.98 Å². The van der Waals surface area contributed by atoms with Gasteiger partial charge in [0.15, 0.2) is 0 Å². The highest BCUT2D eigenvalue weighted by molar-refractivity contribution is 9.10. The van der Waals surface area contributed by atoms with E-state index in [0.717, 1.165) is 16.5 Å². The van der Waals surface area contributed by atoms with Gasteiger partial charge in [-0.2, -0.15) is 0 Å². The van der Waals surface area contributed by atoms with Crippen LogP contribution in [0.1, 0.15) is 25.8 Å². The van der Waals surface area contributed by atoms with Crippen LogP contribution in [-0.4, -0.2) is 17.1 Å². The van der Waals surface area contributed by atoms with Crippen molar-refractivity contribution in [3.63, 3.8) is 0 Å². The van der Waals surface area contributed by atoms with Crippen LogP contribution in [0.2, 0.25) is 0 Å². The van der Waals surface area contributed by atoms with Gasteiger partial charge in [0.2, 0.25) is 5.88 Å². The molecule has 84 valence electrons. The molecule has 1 aromatic heterocycles. The quantitative estimate of drug-likeness (QED) is 0.917. The van der Waals surface area contributed by atoms with Gasteiger partial charge in [0.1, 0.15) is 6.61 Å². The van der Waals surface area contributed by atoms with Gasteiger partial charge in [-0.05, 0) is 41.8 Å². The van der Waals surface area contributed by atoms with Crippen molar-refractivity contribution in [2.75, 3.05) is 6.61 Å². The van der Waals surface area contributed by atoms with Crippen LogP contribution in [0.4, 0.5) is 0 Å². The van der Waals surface area contributed by atoms with Gasteiger partial charge in [0, 0.05) is 22.3 Å². The highest BCUT2D eigenvalue weighted by Crippen LogP contribution is 2.19. The normalized spacial score (nSPS) is 14.7. The molecular formula is C11H17BrN2O. The number of pyridine rings is 1. The topological polar surface area (TPSA) is 48.1 Å². The predicted octanol–water partition coefficient (Wildman–Crippen LogP) is 2.66. The summed E-state index contributed by atoms with van der Waals surface area (Å²) >= 11 is 3.39. The van der Waals surface area contributed by atoms with Crippen molar-refractivity contribution < 1.29 is 4.74 Å². The lowest BCUT2D eigenvalue weighted by molar-refractivity contribution is 0.218. The molecule has 0 spiro atoms. The Morgan fingerprint density at radius 2 is 2.27 bits per heavy atom. The largest absolute Gasteiger partial charge is 0.476 e. The summed E-state index contributed by atoms with van der Waals surface area (Å²) in [6.07, 6.45) is 2.62. The molecule has 2 N–H and O–H groups in total. The van der Waals surface area contributed by atoms with Crippen molar-refractivity contribution in [1.29, 1.82) is 0 Å². The molecule has 0 saturated heterocycles. The Labute approximate surface area is 99.2 Å². The number of hydrogen-bond donors (Lipinski definition) is 1. The molecule has 0 bridgehead atoms. The Bertz CT molecular complexity index is 339. The number of nitrogens with zero attached hydrogens (tertiary/aromatic N) is 1. The highest BCUT2D eigenvalue weighted by atomic mass is 79.9. The lowest BCUT2D eigenvalue weighted by Crippen LogP contribution is -2.41. The summed E-state index contributed by atoms with van der Waals surface area (Å²) in [5.41, 5.74) is 6.79. The van der Waals surface area contributed by atoms with Crippen LogP contribution in [0.5, 0.6) is 5.88 Å². The second-order valence-electron chi connectivity index (χ2n) is 4.07. The van der Waals surface area contributed by atoms with Crippen LogP contribution < -0.4 is 10.5 Å². The van der Waals surface area contributed by atoms with Crippen molar-refractivity contribution in [2.45, 2.75) is 32.7 Å². The number of aromatic nitrogens is 1. The fraction of sp³-hybridized carbons (Fsp3) is 0.545. The van der Waals surface area contributed by atoms with Crippen molar-refractivity contribution >= 4 is 15.9 Å². The average molecular weight is 273 g/mol. The Morgan fingerprint density at radius 1 is 1.60 bits per heavy atom. The van der Waals surface area contributed by atoms with Crippen LogP contribution >= 0.6 is 15.9 Å². The number of nitrogens with two attached hydrogens (primary N) is 1. The van der Waals surface area contributed by atoms with Crippen LogP contribution in [0.3, 0.4) is 0 Å². The first kappa shape index (κ1) is 12.5. The van der Waals surface area contributed by atoms with E-state index in [-0.39, 0.29) is 5.54 Å². The Morgan fingerprint density at radius 3 is 2.80 bits per heavy atom. The van der Waals surface area contributed by atoms with E-state index in [4.69, 9.17) is 10.5 Å². The zero-order valence-electron chi connectivity index (χ0n) is 9.38. The molecular weight excluding hydrogens is 256 g/mol. The fourth-order valence-electron chi connectivity index (χ4n) is 0.933. The molecule has 0 aliphatic rings. The van der Waals surface area contributed by atoms with E-state index in [1.807, 2.05) is 26.8 Å². The molecule has 15 heavy (non-hydrogen) atoms. The molecule has 0 aliphatic heterocycles. The number of aryl methyl sites for hydroxylation is 1. The molecule has 0 aromatic carbocycles. The first-order valence-electron chi connectivity index (χ1n) is 4.98. The number of hydrogen-bond acceptors (Lipinski definition) is 3. The summed E-state index contributed by atoms with van der Waals surface area (Å²) in [5.74, 6) is 0.626. The number of ether oxygens (including phenoxy) is 1. The number of rotatable bonds is 4. The first-order valence-corrected chi connectivity index (χ1v) is 5.78. The third-order valence-corrected chi connectivity index (χ3v) is 3.21. The first-order chi connectivity index (χ1) is 6.94. The third-order valence-electron chi connectivity index (χ3n) is 2.38. The van der Waals surface area contributed by atoms with Gasteiger partial charge in [0.25, 0.3) is 0 Å². The Balaban J connectivity index is 2.62. The van der Waals surface area contributed by atoms with E-state index >= 15 is 0 Å². The van der Waals surface area contributed by atoms with E-state index in [9.17, 15) is 0 Å². The molecule has 0 saturated carbocycles. The van der Waals surface area contributed by atoms with Crippen LogP contribution in [0, 0.1) is 6.92 Å². The predicted molar refractivity (Wildman–Crippen MR) is 65.1 cm³/mol. The van der Waals surface area contributed by atoms with Crippen molar-refractivity contribution in [2.24, 2.45) is 5.73 Å². The van der Waals surface area contributed by atoms with Gasteiger partial charge >= 0.3 is 0 Å². The van der Waals surface area contributed by atoms with Crippen molar-refractivity contribution in [3.8, 4) is 5.88 Å². The molecule has 1 atom stereocenters. The van der Waals surface area contributed by atoms with Gasteiger partial charge in [-0.25, -0.2) is 4.98 Å². The van der Waals surface area contributed by atoms with Crippen LogP contribution in [-0.2, 0) is 0 Å². The van der Waals surface area contributed by atoms with Crippen molar-refractivity contribution in [3.05, 3.63) is 22.3 Å². The van der Waals surface area contributed by atoms with E-state index in [1.165, 1.54) is 0 Å². The molecule has 3 nitrogen and oxygen atoms in total.